The molecule has 50 heavy (non-hydrogen) atoms. The van der Waals surface area contributed by atoms with Crippen molar-refractivity contribution in [1.29, 1.82) is 5.26 Å². The molecule has 2 atom stereocenters. The highest BCUT2D eigenvalue weighted by molar-refractivity contribution is 7.80. The van der Waals surface area contributed by atoms with Crippen LogP contribution in [0.25, 0.3) is 21.1 Å². The van der Waals surface area contributed by atoms with Crippen molar-refractivity contribution in [2.75, 3.05) is 51.1 Å². The monoisotopic (exact) mass is 729 g/mol. The Hall–Kier alpha value is -3.13. The first-order valence-electron chi connectivity index (χ1n) is 17.5. The maximum Gasteiger partial charge on any atom is 0.393 e. The van der Waals surface area contributed by atoms with Crippen LogP contribution in [-0.4, -0.2) is 96.9 Å². The number of aromatic nitrogens is 3. The summed E-state index contributed by atoms with van der Waals surface area (Å²) in [6.07, 6.45) is 0.0576. The van der Waals surface area contributed by atoms with Crippen LogP contribution >= 0.6 is 11.3 Å². The summed E-state index contributed by atoms with van der Waals surface area (Å²) < 4.78 is 58.8. The lowest BCUT2D eigenvalue weighted by molar-refractivity contribution is -0.126. The Balaban J connectivity index is 1.05. The predicted octanol–water partition coefficient (Wildman–Crippen LogP) is 5.98. The average molecular weight is 730 g/mol. The number of thiophene rings is 1. The number of nitriles is 1. The van der Waals surface area contributed by atoms with Gasteiger partial charge in [-0.15, -0.1) is 11.3 Å². The number of nitrogens with zero attached hydrogens (tertiary/aromatic N) is 7. The van der Waals surface area contributed by atoms with Gasteiger partial charge in [0.2, 0.25) is 0 Å². The number of likely N-dealkylation sites (tertiary alicyclic amines) is 1. The van der Waals surface area contributed by atoms with E-state index in [1.54, 1.807) is 6.07 Å². The van der Waals surface area contributed by atoms with Gasteiger partial charge in [0.05, 0.1) is 11.8 Å². The summed E-state index contributed by atoms with van der Waals surface area (Å²) in [6, 6.07) is 10.7. The Kier molecular flexibility index (Phi) is 11.8. The molecule has 2 aliphatic heterocycles. The minimum atomic E-state index is -4.26. The van der Waals surface area contributed by atoms with E-state index in [-0.39, 0.29) is 17.0 Å². The molecule has 4 aromatic rings. The van der Waals surface area contributed by atoms with E-state index in [9.17, 15) is 22.6 Å². The van der Waals surface area contributed by atoms with Gasteiger partial charge in [-0.25, -0.2) is 23.2 Å². The Bertz CT molecular complexity index is 1840. The van der Waals surface area contributed by atoms with Gasteiger partial charge in [-0.1, -0.05) is 19.4 Å². The van der Waals surface area contributed by atoms with Crippen LogP contribution in [0.3, 0.4) is 0 Å². The molecule has 0 saturated carbocycles. The molecule has 2 N–H and O–H groups in total. The minimum Gasteiger partial charge on any atom is -0.367 e. The van der Waals surface area contributed by atoms with Gasteiger partial charge >= 0.3 is 6.18 Å². The molecule has 1 aromatic carbocycles. The number of benzene rings is 1. The quantitative estimate of drug-likeness (QED) is 0.163. The molecule has 5 heterocycles. The number of piperazine rings is 1. The summed E-state index contributed by atoms with van der Waals surface area (Å²) in [5.74, 6) is 0.598. The van der Waals surface area contributed by atoms with Gasteiger partial charge in [0.15, 0.2) is 11.2 Å². The van der Waals surface area contributed by atoms with E-state index in [2.05, 4.69) is 73.3 Å². The molecule has 2 fully saturated rings. The van der Waals surface area contributed by atoms with Crippen LogP contribution in [0.4, 0.5) is 19.0 Å². The molecular weight excluding hydrogens is 684 g/mol. The van der Waals surface area contributed by atoms with E-state index in [0.717, 1.165) is 100 Å². The summed E-state index contributed by atoms with van der Waals surface area (Å²) in [5.41, 5.74) is 4.16. The number of hydrogen-bond acceptors (Lipinski definition) is 8. The number of aryl methyl sites for hydroxylation is 1. The Morgan fingerprint density at radius 1 is 1.10 bits per heavy atom. The van der Waals surface area contributed by atoms with Crippen molar-refractivity contribution in [2.24, 2.45) is 0 Å². The maximum atomic E-state index is 13.0. The molecule has 15 heteroatoms. The number of alkyl halides is 3. The molecule has 1 unspecified atom stereocenters. The number of halogens is 3. The SMILES string of the molecule is CCCCNS(=O)N1CCN([C@@H](C)Cn2c(C#N)cc3c(C)c(CN4CCC(Nc5ncnc6sc(CC(F)(F)F)cc56)CC4)ccc32)CC1. The van der Waals surface area contributed by atoms with Gasteiger partial charge < -0.3 is 9.88 Å². The van der Waals surface area contributed by atoms with Gasteiger partial charge in [0, 0.05) is 86.8 Å². The van der Waals surface area contributed by atoms with Crippen molar-refractivity contribution in [2.45, 2.75) is 84.2 Å². The zero-order valence-corrected chi connectivity index (χ0v) is 30.6. The summed E-state index contributed by atoms with van der Waals surface area (Å²) in [5, 5.41) is 15.3. The van der Waals surface area contributed by atoms with E-state index >= 15 is 0 Å². The van der Waals surface area contributed by atoms with Crippen LogP contribution in [-0.2, 0) is 30.7 Å². The molecule has 0 radical (unpaired) electrons. The second kappa shape index (κ2) is 16.0. The first-order valence-corrected chi connectivity index (χ1v) is 19.4. The van der Waals surface area contributed by atoms with E-state index < -0.39 is 23.8 Å². The third kappa shape index (κ3) is 8.66. The lowest BCUT2D eigenvalue weighted by atomic mass is 10.0. The number of fused-ring (bicyclic) bond motifs is 2. The fraction of sp³-hybridized carbons (Fsp3) is 0.571. The number of hydrogen-bond donors (Lipinski definition) is 2. The fourth-order valence-electron chi connectivity index (χ4n) is 7.07. The molecule has 0 amide bonds. The minimum absolute atomic E-state index is 0.167. The first-order chi connectivity index (χ1) is 24.0. The molecule has 6 rings (SSSR count). The van der Waals surface area contributed by atoms with Gasteiger partial charge in [0.25, 0.3) is 0 Å². The van der Waals surface area contributed by atoms with Crippen molar-refractivity contribution in [3.63, 3.8) is 0 Å². The van der Waals surface area contributed by atoms with E-state index in [1.807, 2.05) is 10.4 Å². The zero-order chi connectivity index (χ0) is 35.4. The largest absolute Gasteiger partial charge is 0.393 e. The second-order valence-corrected chi connectivity index (χ2v) is 15.9. The summed E-state index contributed by atoms with van der Waals surface area (Å²) in [6.45, 7) is 13.7. The molecule has 3 aromatic heterocycles. The van der Waals surface area contributed by atoms with Gasteiger partial charge in [-0.2, -0.15) is 18.4 Å². The smallest absolute Gasteiger partial charge is 0.367 e. The van der Waals surface area contributed by atoms with Crippen LogP contribution in [0.1, 0.15) is 61.2 Å². The third-order valence-corrected chi connectivity index (χ3v) is 12.3. The highest BCUT2D eigenvalue weighted by Crippen LogP contribution is 2.33. The van der Waals surface area contributed by atoms with Crippen molar-refractivity contribution < 1.29 is 17.4 Å². The Morgan fingerprint density at radius 3 is 2.56 bits per heavy atom. The summed E-state index contributed by atoms with van der Waals surface area (Å²) >= 11 is -0.0816. The van der Waals surface area contributed by atoms with Crippen molar-refractivity contribution >= 4 is 49.4 Å². The Labute approximate surface area is 298 Å². The lowest BCUT2D eigenvalue weighted by Crippen LogP contribution is -2.52. The molecule has 270 valence electrons. The number of anilines is 1. The molecule has 2 aliphatic rings. The van der Waals surface area contributed by atoms with E-state index in [0.29, 0.717) is 28.3 Å². The molecule has 0 aliphatic carbocycles. The molecule has 2 saturated heterocycles. The summed E-state index contributed by atoms with van der Waals surface area (Å²) in [4.78, 5) is 14.2. The van der Waals surface area contributed by atoms with Crippen LogP contribution in [0, 0.1) is 18.3 Å². The number of unbranched alkanes of at least 4 members (excludes halogenated alkanes) is 1. The highest BCUT2D eigenvalue weighted by Gasteiger charge is 2.30. The average Bonchev–Trinajstić information content (AvgIpc) is 3.67. The number of nitrogens with one attached hydrogen (secondary N) is 2. The van der Waals surface area contributed by atoms with Crippen molar-refractivity contribution in [3.05, 3.63) is 52.3 Å². The standard InChI is InChI=1S/C35H46F3N9OS2/c1-4-5-10-42-50(48)46-15-13-45(14-16-46)24(2)21-47-28(20-39)17-30-25(3)26(6-7-32(30)47)22-44-11-8-27(9-12-44)43-33-31-18-29(19-35(36,37)38)49-34(31)41-23-40-33/h6-7,17-18,23-24,27,42H,4-5,8-16,19,21-22H2,1-3H3,(H,40,41,43)/t24-,50?/m0/s1. The second-order valence-electron chi connectivity index (χ2n) is 13.5. The summed E-state index contributed by atoms with van der Waals surface area (Å²) in [7, 11) is 0. The van der Waals surface area contributed by atoms with Crippen molar-refractivity contribution in [1.82, 2.24) is 33.4 Å². The van der Waals surface area contributed by atoms with Gasteiger partial charge in [-0.3, -0.25) is 9.80 Å². The third-order valence-electron chi connectivity index (χ3n) is 9.99. The van der Waals surface area contributed by atoms with Crippen LogP contribution in [0.2, 0.25) is 0 Å². The lowest BCUT2D eigenvalue weighted by Gasteiger charge is -2.37. The molecule has 10 nitrogen and oxygen atoms in total. The van der Waals surface area contributed by atoms with E-state index in [1.165, 1.54) is 17.5 Å². The van der Waals surface area contributed by atoms with Gasteiger partial charge in [-0.05, 0) is 62.4 Å². The Morgan fingerprint density at radius 2 is 1.86 bits per heavy atom. The maximum absolute atomic E-state index is 13.0. The number of piperidine rings is 1. The molecule has 0 spiro atoms. The van der Waals surface area contributed by atoms with Crippen LogP contribution in [0.5, 0.6) is 0 Å². The zero-order valence-electron chi connectivity index (χ0n) is 28.9. The topological polar surface area (TPSA) is 105 Å². The van der Waals surface area contributed by atoms with E-state index in [4.69, 9.17) is 0 Å². The van der Waals surface area contributed by atoms with Gasteiger partial charge in [0.1, 0.15) is 28.7 Å². The molecular formula is C35H46F3N9OS2. The normalized spacial score (nSPS) is 18.5. The van der Waals surface area contributed by atoms with Crippen molar-refractivity contribution in [3.8, 4) is 6.07 Å². The number of rotatable bonds is 13. The fourth-order valence-corrected chi connectivity index (χ4v) is 9.10. The van der Waals surface area contributed by atoms with Crippen LogP contribution in [0.15, 0.2) is 30.6 Å². The first kappa shape index (κ1) is 36.7. The van der Waals surface area contributed by atoms with Crippen LogP contribution < -0.4 is 10.0 Å². The molecule has 0 bridgehead atoms. The highest BCUT2D eigenvalue weighted by atomic mass is 32.2. The predicted molar refractivity (Wildman–Crippen MR) is 194 cm³/mol.